The number of rotatable bonds is 5. The van der Waals surface area contributed by atoms with Gasteiger partial charge in [-0.2, -0.15) is 4.98 Å². The van der Waals surface area contributed by atoms with Crippen molar-refractivity contribution in [1.29, 1.82) is 0 Å². The lowest BCUT2D eigenvalue weighted by molar-refractivity contribution is 0.430. The summed E-state index contributed by atoms with van der Waals surface area (Å²) in [5.74, 6) is 3.21. The molecular formula is C18H15N5O2. The molecule has 0 bridgehead atoms. The number of anilines is 1. The number of aryl methyl sites for hydroxylation is 1. The van der Waals surface area contributed by atoms with Crippen LogP contribution in [0.25, 0.3) is 23.0 Å². The Morgan fingerprint density at radius 3 is 2.56 bits per heavy atom. The van der Waals surface area contributed by atoms with Gasteiger partial charge in [-0.3, -0.25) is 0 Å². The second kappa shape index (κ2) is 6.56. The smallest absolute Gasteiger partial charge is 0.278 e. The zero-order valence-electron chi connectivity index (χ0n) is 13.5. The van der Waals surface area contributed by atoms with Crippen molar-refractivity contribution in [2.24, 2.45) is 0 Å². The number of hydrogen-bond donors (Lipinski definition) is 1. The SMILES string of the molecule is Cc1ccc(CNc2ccc(-c3nc(-c4ccccc4)no3)nn2)o1. The normalized spacial score (nSPS) is 10.8. The van der Waals surface area contributed by atoms with Crippen LogP contribution >= 0.6 is 0 Å². The van der Waals surface area contributed by atoms with E-state index in [1.54, 1.807) is 6.07 Å². The van der Waals surface area contributed by atoms with Crippen molar-refractivity contribution in [2.45, 2.75) is 13.5 Å². The average molecular weight is 333 g/mol. The molecule has 25 heavy (non-hydrogen) atoms. The van der Waals surface area contributed by atoms with Crippen LogP contribution in [0.5, 0.6) is 0 Å². The van der Waals surface area contributed by atoms with Gasteiger partial charge in [-0.15, -0.1) is 10.2 Å². The Morgan fingerprint density at radius 2 is 1.84 bits per heavy atom. The van der Waals surface area contributed by atoms with Gasteiger partial charge in [-0.1, -0.05) is 35.5 Å². The van der Waals surface area contributed by atoms with E-state index in [9.17, 15) is 0 Å². The molecule has 3 heterocycles. The maximum atomic E-state index is 5.50. The van der Waals surface area contributed by atoms with Gasteiger partial charge in [0.2, 0.25) is 5.82 Å². The second-order valence-electron chi connectivity index (χ2n) is 5.46. The molecule has 0 fully saturated rings. The molecule has 124 valence electrons. The van der Waals surface area contributed by atoms with Gasteiger partial charge in [0.25, 0.3) is 5.89 Å². The van der Waals surface area contributed by atoms with E-state index in [0.717, 1.165) is 17.1 Å². The highest BCUT2D eigenvalue weighted by Gasteiger charge is 2.12. The molecule has 0 saturated carbocycles. The van der Waals surface area contributed by atoms with E-state index in [-0.39, 0.29) is 0 Å². The summed E-state index contributed by atoms with van der Waals surface area (Å²) in [6, 6.07) is 17.1. The van der Waals surface area contributed by atoms with Crippen molar-refractivity contribution in [3.05, 3.63) is 66.1 Å². The minimum atomic E-state index is 0.333. The van der Waals surface area contributed by atoms with E-state index in [1.165, 1.54) is 0 Å². The molecular weight excluding hydrogens is 318 g/mol. The first kappa shape index (κ1) is 15.1. The fourth-order valence-corrected chi connectivity index (χ4v) is 2.33. The van der Waals surface area contributed by atoms with Crippen LogP contribution in [-0.2, 0) is 6.54 Å². The Hall–Kier alpha value is -3.48. The van der Waals surface area contributed by atoms with Gasteiger partial charge in [0.05, 0.1) is 6.54 Å². The lowest BCUT2D eigenvalue weighted by atomic mass is 10.2. The van der Waals surface area contributed by atoms with Gasteiger partial charge >= 0.3 is 0 Å². The van der Waals surface area contributed by atoms with Crippen molar-refractivity contribution >= 4 is 5.82 Å². The Labute approximate surface area is 143 Å². The van der Waals surface area contributed by atoms with E-state index < -0.39 is 0 Å². The van der Waals surface area contributed by atoms with Crippen LogP contribution in [0.1, 0.15) is 11.5 Å². The van der Waals surface area contributed by atoms with Crippen LogP contribution in [0.4, 0.5) is 5.82 Å². The predicted octanol–water partition coefficient (Wildman–Crippen LogP) is 3.71. The lowest BCUT2D eigenvalue weighted by Gasteiger charge is -2.02. The molecule has 3 aromatic heterocycles. The third kappa shape index (κ3) is 3.40. The molecule has 0 aliphatic heterocycles. The first-order valence-corrected chi connectivity index (χ1v) is 7.80. The summed E-state index contributed by atoms with van der Waals surface area (Å²) in [5.41, 5.74) is 1.41. The summed E-state index contributed by atoms with van der Waals surface area (Å²) in [7, 11) is 0. The lowest BCUT2D eigenvalue weighted by Crippen LogP contribution is -2.01. The topological polar surface area (TPSA) is 89.9 Å². The van der Waals surface area contributed by atoms with Crippen molar-refractivity contribution in [3.63, 3.8) is 0 Å². The minimum absolute atomic E-state index is 0.333. The first-order valence-electron chi connectivity index (χ1n) is 7.80. The van der Waals surface area contributed by atoms with Gasteiger partial charge < -0.3 is 14.3 Å². The average Bonchev–Trinajstić information content (AvgIpc) is 3.30. The molecule has 0 atom stereocenters. The highest BCUT2D eigenvalue weighted by atomic mass is 16.5. The maximum Gasteiger partial charge on any atom is 0.278 e. The van der Waals surface area contributed by atoms with Gasteiger partial charge in [-0.25, -0.2) is 0 Å². The highest BCUT2D eigenvalue weighted by molar-refractivity contribution is 5.57. The summed E-state index contributed by atoms with van der Waals surface area (Å²) < 4.78 is 10.8. The number of benzene rings is 1. The predicted molar refractivity (Wildman–Crippen MR) is 91.5 cm³/mol. The third-order valence-electron chi connectivity index (χ3n) is 3.58. The molecule has 0 spiro atoms. The van der Waals surface area contributed by atoms with Gasteiger partial charge in [-0.05, 0) is 31.2 Å². The molecule has 0 aliphatic carbocycles. The molecule has 4 aromatic rings. The number of furan rings is 1. The summed E-state index contributed by atoms with van der Waals surface area (Å²) in [4.78, 5) is 4.36. The molecule has 1 aromatic carbocycles. The minimum Gasteiger partial charge on any atom is -0.465 e. The molecule has 0 saturated heterocycles. The largest absolute Gasteiger partial charge is 0.465 e. The first-order chi connectivity index (χ1) is 12.3. The molecule has 7 heteroatoms. The summed E-state index contributed by atoms with van der Waals surface area (Å²) in [6.07, 6.45) is 0. The standard InChI is InChI=1S/C18H15N5O2/c1-12-7-8-14(24-12)11-19-16-10-9-15(21-22-16)18-20-17(23-25-18)13-5-3-2-4-6-13/h2-10H,11H2,1H3,(H,19,22). The van der Waals surface area contributed by atoms with Crippen molar-refractivity contribution in [3.8, 4) is 23.0 Å². The number of nitrogens with zero attached hydrogens (tertiary/aromatic N) is 4. The quantitative estimate of drug-likeness (QED) is 0.595. The van der Waals surface area contributed by atoms with E-state index >= 15 is 0 Å². The van der Waals surface area contributed by atoms with Crippen LogP contribution in [0.2, 0.25) is 0 Å². The Bertz CT molecular complexity index is 961. The Kier molecular flexibility index (Phi) is 3.96. The van der Waals surface area contributed by atoms with Gasteiger partial charge in [0.15, 0.2) is 5.69 Å². The van der Waals surface area contributed by atoms with Crippen LogP contribution in [0.15, 0.2) is 63.5 Å². The zero-order chi connectivity index (χ0) is 17.1. The Balaban J connectivity index is 1.46. The van der Waals surface area contributed by atoms with Gasteiger partial charge in [0, 0.05) is 5.56 Å². The van der Waals surface area contributed by atoms with E-state index in [4.69, 9.17) is 8.94 Å². The molecule has 0 unspecified atom stereocenters. The third-order valence-corrected chi connectivity index (χ3v) is 3.58. The van der Waals surface area contributed by atoms with E-state index in [0.29, 0.717) is 29.8 Å². The van der Waals surface area contributed by atoms with Crippen LogP contribution in [0, 0.1) is 6.92 Å². The number of hydrogen-bond acceptors (Lipinski definition) is 7. The van der Waals surface area contributed by atoms with E-state index in [1.807, 2.05) is 55.5 Å². The fourth-order valence-electron chi connectivity index (χ4n) is 2.33. The fraction of sp³-hybridized carbons (Fsp3) is 0.111. The van der Waals surface area contributed by atoms with Gasteiger partial charge in [0.1, 0.15) is 17.3 Å². The Morgan fingerprint density at radius 1 is 0.960 bits per heavy atom. The van der Waals surface area contributed by atoms with Crippen molar-refractivity contribution < 1.29 is 8.94 Å². The van der Waals surface area contributed by atoms with Crippen LogP contribution in [0.3, 0.4) is 0 Å². The number of aromatic nitrogens is 4. The highest BCUT2D eigenvalue weighted by Crippen LogP contribution is 2.20. The molecule has 1 N–H and O–H groups in total. The number of nitrogens with one attached hydrogen (secondary N) is 1. The summed E-state index contributed by atoms with van der Waals surface area (Å²) >= 11 is 0. The second-order valence-corrected chi connectivity index (χ2v) is 5.46. The molecule has 0 radical (unpaired) electrons. The molecule has 4 rings (SSSR count). The zero-order valence-corrected chi connectivity index (χ0v) is 13.5. The van der Waals surface area contributed by atoms with Crippen LogP contribution < -0.4 is 5.32 Å². The van der Waals surface area contributed by atoms with Crippen molar-refractivity contribution in [1.82, 2.24) is 20.3 Å². The van der Waals surface area contributed by atoms with Crippen molar-refractivity contribution in [2.75, 3.05) is 5.32 Å². The molecule has 7 nitrogen and oxygen atoms in total. The summed E-state index contributed by atoms with van der Waals surface area (Å²) in [6.45, 7) is 2.45. The maximum absolute atomic E-state index is 5.50. The monoisotopic (exact) mass is 333 g/mol. The molecule has 0 amide bonds. The summed E-state index contributed by atoms with van der Waals surface area (Å²) in [5, 5.41) is 15.4. The van der Waals surface area contributed by atoms with Crippen LogP contribution in [-0.4, -0.2) is 20.3 Å². The molecule has 0 aliphatic rings. The van der Waals surface area contributed by atoms with E-state index in [2.05, 4.69) is 25.7 Å².